The van der Waals surface area contributed by atoms with Gasteiger partial charge in [0.25, 0.3) is 0 Å². The van der Waals surface area contributed by atoms with Crippen molar-refractivity contribution in [1.29, 1.82) is 0 Å². The largest absolute Gasteiger partial charge is 0.512 e. The number of ketones is 1. The summed E-state index contributed by atoms with van der Waals surface area (Å²) in [7, 11) is 0. The second-order valence-electron chi connectivity index (χ2n) is 7.31. The van der Waals surface area contributed by atoms with E-state index in [1.54, 1.807) is 19.1 Å². The highest BCUT2D eigenvalue weighted by molar-refractivity contribution is 6.24. The molecule has 0 atom stereocenters. The molecule has 0 fully saturated rings. The lowest BCUT2D eigenvalue weighted by Crippen LogP contribution is -2.12. The van der Waals surface area contributed by atoms with Crippen LogP contribution in [0.4, 0.5) is 0 Å². The van der Waals surface area contributed by atoms with Crippen molar-refractivity contribution >= 4 is 35.1 Å². The summed E-state index contributed by atoms with van der Waals surface area (Å²) in [5.74, 6) is -0.130. The first-order chi connectivity index (χ1) is 14.5. The molecule has 4 aliphatic rings. The number of hydrogen-bond acceptors (Lipinski definition) is 5. The summed E-state index contributed by atoms with van der Waals surface area (Å²) in [4.78, 5) is 29.6. The number of Topliss-reactive ketones (excluding diaryl/α,β-unsaturated/α-hetero) is 1. The summed E-state index contributed by atoms with van der Waals surface area (Å²) in [5, 5.41) is 12.2. The smallest absolute Gasteiger partial charge is 0.162 e. The highest BCUT2D eigenvalue weighted by Gasteiger charge is 2.28. The number of carbonyl (C=O) groups is 1. The molecule has 0 radical (unpaired) electrons. The van der Waals surface area contributed by atoms with Gasteiger partial charge < -0.3 is 10.1 Å². The summed E-state index contributed by atoms with van der Waals surface area (Å²) in [6.07, 6.45) is 15.0. The number of rotatable bonds is 1. The number of fused-ring (bicyclic) bond motifs is 5. The number of H-pyrrole nitrogens is 1. The maximum atomic E-state index is 12.4. The molecule has 8 bridgehead atoms. The maximum Gasteiger partial charge on any atom is 0.162 e. The molecule has 1 aromatic heterocycles. The lowest BCUT2D eigenvalue weighted by atomic mass is 9.97. The van der Waals surface area contributed by atoms with Gasteiger partial charge in [0.2, 0.25) is 0 Å². The normalized spacial score (nSPS) is 20.8. The maximum absolute atomic E-state index is 12.4. The molecular formula is C24H18N4O2. The first kappa shape index (κ1) is 18.0. The van der Waals surface area contributed by atoms with Crippen LogP contribution in [0.5, 0.6) is 0 Å². The van der Waals surface area contributed by atoms with E-state index in [0.29, 0.717) is 33.9 Å². The number of carbonyl (C=O) groups excluding carboxylic acids is 1. The molecule has 2 N–H and O–H groups in total. The fourth-order valence-corrected chi connectivity index (χ4v) is 3.74. The monoisotopic (exact) mass is 394 g/mol. The third-order valence-electron chi connectivity index (χ3n) is 4.99. The van der Waals surface area contributed by atoms with Crippen LogP contribution in [-0.2, 0) is 4.79 Å². The van der Waals surface area contributed by atoms with Crippen molar-refractivity contribution < 1.29 is 9.90 Å². The molecule has 0 spiro atoms. The number of allylic oxidation sites excluding steroid dienone is 9. The summed E-state index contributed by atoms with van der Waals surface area (Å²) in [6, 6.07) is 3.98. The first-order valence-corrected chi connectivity index (χ1v) is 9.56. The summed E-state index contributed by atoms with van der Waals surface area (Å²) in [5.41, 5.74) is 4.77. The van der Waals surface area contributed by atoms with E-state index >= 15 is 0 Å². The second kappa shape index (κ2) is 6.77. The third-order valence-corrected chi connectivity index (χ3v) is 4.99. The number of aromatic nitrogens is 1. The van der Waals surface area contributed by atoms with Crippen molar-refractivity contribution in [3.8, 4) is 0 Å². The van der Waals surface area contributed by atoms with Gasteiger partial charge >= 0.3 is 0 Å². The molecule has 0 aromatic carbocycles. The fraction of sp³-hybridized carbons (Fsp3) is 0.0833. The van der Waals surface area contributed by atoms with Crippen LogP contribution in [0.25, 0.3) is 12.2 Å². The van der Waals surface area contributed by atoms with E-state index in [0.717, 1.165) is 22.1 Å². The van der Waals surface area contributed by atoms with Gasteiger partial charge in [-0.25, -0.2) is 15.0 Å². The number of aliphatic hydroxyl groups is 1. The van der Waals surface area contributed by atoms with Crippen LogP contribution in [0.3, 0.4) is 0 Å². The molecule has 146 valence electrons. The Morgan fingerprint density at radius 2 is 1.43 bits per heavy atom. The average molecular weight is 394 g/mol. The van der Waals surface area contributed by atoms with Crippen LogP contribution in [0, 0.1) is 0 Å². The van der Waals surface area contributed by atoms with Crippen molar-refractivity contribution in [2.24, 2.45) is 15.0 Å². The minimum Gasteiger partial charge on any atom is -0.512 e. The highest BCUT2D eigenvalue weighted by atomic mass is 16.3. The predicted octanol–water partition coefficient (Wildman–Crippen LogP) is 2.51. The van der Waals surface area contributed by atoms with Crippen molar-refractivity contribution in [3.63, 3.8) is 0 Å². The summed E-state index contributed by atoms with van der Waals surface area (Å²) >= 11 is 0. The third kappa shape index (κ3) is 3.18. The van der Waals surface area contributed by atoms with Crippen LogP contribution in [0.2, 0.25) is 0 Å². The van der Waals surface area contributed by atoms with Crippen molar-refractivity contribution in [1.82, 2.24) is 4.98 Å². The molecule has 0 amide bonds. The average Bonchev–Trinajstić information content (AvgIpc) is 3.44. The highest BCUT2D eigenvalue weighted by Crippen LogP contribution is 2.32. The number of aromatic amines is 1. The number of nitrogens with one attached hydrogen (secondary N) is 1. The van der Waals surface area contributed by atoms with Gasteiger partial charge in [-0.1, -0.05) is 0 Å². The van der Waals surface area contributed by atoms with Gasteiger partial charge in [-0.15, -0.1) is 0 Å². The summed E-state index contributed by atoms with van der Waals surface area (Å²) in [6.45, 7) is 3.03. The van der Waals surface area contributed by atoms with Crippen molar-refractivity contribution in [2.45, 2.75) is 13.8 Å². The molecular weight excluding hydrogens is 376 g/mol. The molecule has 5 heterocycles. The van der Waals surface area contributed by atoms with E-state index in [9.17, 15) is 9.90 Å². The number of nitrogens with zero attached hydrogens (tertiary/aromatic N) is 3. The van der Waals surface area contributed by atoms with Crippen LogP contribution in [0.15, 0.2) is 97.6 Å². The second-order valence-corrected chi connectivity index (χ2v) is 7.31. The van der Waals surface area contributed by atoms with E-state index in [2.05, 4.69) is 20.0 Å². The van der Waals surface area contributed by atoms with E-state index in [4.69, 9.17) is 0 Å². The van der Waals surface area contributed by atoms with Gasteiger partial charge in [0.15, 0.2) is 5.78 Å². The van der Waals surface area contributed by atoms with E-state index in [1.165, 1.54) is 6.92 Å². The van der Waals surface area contributed by atoms with Gasteiger partial charge in [-0.2, -0.15) is 0 Å². The van der Waals surface area contributed by atoms with Gasteiger partial charge in [-0.3, -0.25) is 4.79 Å². The lowest BCUT2D eigenvalue weighted by Gasteiger charge is -2.05. The lowest BCUT2D eigenvalue weighted by molar-refractivity contribution is -0.113. The van der Waals surface area contributed by atoms with Crippen molar-refractivity contribution in [2.75, 3.05) is 0 Å². The van der Waals surface area contributed by atoms with E-state index in [1.807, 2.05) is 48.6 Å². The van der Waals surface area contributed by atoms with E-state index < -0.39 is 0 Å². The Morgan fingerprint density at radius 3 is 2.00 bits per heavy atom. The van der Waals surface area contributed by atoms with Gasteiger partial charge in [-0.05, 0) is 74.6 Å². The SMILES string of the molecule is CC(=O)C1=C2C=C3C=CC(=N3)C=c3ccc([nH]3)=CC3=NC(=CC(=N2)C1=C(C)O)C=C3. The van der Waals surface area contributed by atoms with E-state index in [-0.39, 0.29) is 11.5 Å². The summed E-state index contributed by atoms with van der Waals surface area (Å²) < 4.78 is 0. The van der Waals surface area contributed by atoms with Crippen LogP contribution in [0.1, 0.15) is 13.8 Å². The van der Waals surface area contributed by atoms with Gasteiger partial charge in [0.05, 0.1) is 51.1 Å². The quantitative estimate of drug-likeness (QED) is 0.717. The molecule has 6 nitrogen and oxygen atoms in total. The standard InChI is InChI=1S/C24H18N4O2/c1-13(29)23-21-11-19-7-5-17(26-19)9-15-3-4-16(25-15)10-18-6-8-20(27-18)12-22(28-21)24(23)14(2)30/h3-12,25,29H,1-2H3. The fourth-order valence-electron chi connectivity index (χ4n) is 3.74. The molecule has 0 saturated carbocycles. The molecule has 5 rings (SSSR count). The number of hydrogen-bond donors (Lipinski definition) is 2. The Hall–Kier alpha value is -4.06. The Labute approximate surface area is 172 Å². The molecule has 1 aromatic rings. The molecule has 6 heteroatoms. The predicted molar refractivity (Wildman–Crippen MR) is 119 cm³/mol. The molecule has 0 aliphatic carbocycles. The molecule has 30 heavy (non-hydrogen) atoms. The van der Waals surface area contributed by atoms with Gasteiger partial charge in [0, 0.05) is 10.7 Å². The van der Waals surface area contributed by atoms with Crippen LogP contribution < -0.4 is 10.7 Å². The van der Waals surface area contributed by atoms with Crippen molar-refractivity contribution in [3.05, 3.63) is 93.3 Å². The first-order valence-electron chi connectivity index (χ1n) is 9.56. The number of aliphatic hydroxyl groups excluding tert-OH is 1. The Bertz CT molecular complexity index is 1410. The minimum atomic E-state index is -0.170. The Morgan fingerprint density at radius 1 is 0.833 bits per heavy atom. The zero-order valence-electron chi connectivity index (χ0n) is 16.5. The Balaban J connectivity index is 1.78. The molecule has 0 saturated heterocycles. The van der Waals surface area contributed by atoms with Gasteiger partial charge in [0.1, 0.15) is 0 Å². The topological polar surface area (TPSA) is 90.2 Å². The zero-order chi connectivity index (χ0) is 20.8. The van der Waals surface area contributed by atoms with Crippen LogP contribution in [-0.4, -0.2) is 33.0 Å². The molecule has 4 aliphatic heterocycles. The zero-order valence-corrected chi connectivity index (χ0v) is 16.5. The molecule has 0 unspecified atom stereocenters. The Kier molecular flexibility index (Phi) is 4.06. The number of aliphatic imine (C=N–C) groups is 3. The minimum absolute atomic E-state index is 0.0398. The van der Waals surface area contributed by atoms with Crippen LogP contribution >= 0.6 is 0 Å².